The van der Waals surface area contributed by atoms with Crippen LogP contribution in [0.5, 0.6) is 5.75 Å². The summed E-state index contributed by atoms with van der Waals surface area (Å²) in [5.74, 6) is 0.564. The molecule has 0 aliphatic carbocycles. The Bertz CT molecular complexity index is 484. The van der Waals surface area contributed by atoms with Crippen LogP contribution in [0, 0.1) is 0 Å². The minimum absolute atomic E-state index is 0.0443. The molecule has 22 heavy (non-hydrogen) atoms. The summed E-state index contributed by atoms with van der Waals surface area (Å²) in [4.78, 5) is 0. The molecule has 124 valence electrons. The lowest BCUT2D eigenvalue weighted by molar-refractivity contribution is -0.198. The Balaban J connectivity index is 2.09. The van der Waals surface area contributed by atoms with Crippen LogP contribution in [0.4, 0.5) is 0 Å². The molecule has 1 aliphatic rings. The molecule has 1 aliphatic heterocycles. The van der Waals surface area contributed by atoms with Crippen molar-refractivity contribution in [3.05, 3.63) is 29.8 Å². The summed E-state index contributed by atoms with van der Waals surface area (Å²) in [7, 11) is 0. The van der Waals surface area contributed by atoms with Gasteiger partial charge in [-0.25, -0.2) is 0 Å². The molecule has 0 amide bonds. The molecule has 0 bridgehead atoms. The standard InChI is InChI=1S/C16H24O5S/c1-16(2,3)9-4-6-10(7-5-9)20-14-13(19)12(18)11(8-17)21-15(14)22/h4-7,11-15,17-19,22H,8H2,1-3H3/t11-,12+,13+,14-,15+/m1/s1. The fraction of sp³-hybridized carbons (Fsp3) is 0.625. The van der Waals surface area contributed by atoms with Crippen molar-refractivity contribution in [2.75, 3.05) is 6.61 Å². The third kappa shape index (κ3) is 3.75. The van der Waals surface area contributed by atoms with Gasteiger partial charge in [0.05, 0.1) is 6.61 Å². The third-order valence-corrected chi connectivity index (χ3v) is 4.25. The zero-order chi connectivity index (χ0) is 16.5. The topological polar surface area (TPSA) is 79.2 Å². The molecular weight excluding hydrogens is 304 g/mol. The summed E-state index contributed by atoms with van der Waals surface area (Å²) in [6.07, 6.45) is -4.08. The van der Waals surface area contributed by atoms with Crippen molar-refractivity contribution in [2.45, 2.75) is 56.0 Å². The summed E-state index contributed by atoms with van der Waals surface area (Å²) in [5, 5.41) is 29.2. The van der Waals surface area contributed by atoms with Crippen molar-refractivity contribution in [3.63, 3.8) is 0 Å². The van der Waals surface area contributed by atoms with Crippen molar-refractivity contribution < 1.29 is 24.8 Å². The van der Waals surface area contributed by atoms with Crippen LogP contribution in [0.25, 0.3) is 0 Å². The Morgan fingerprint density at radius 3 is 2.23 bits per heavy atom. The first-order valence-corrected chi connectivity index (χ1v) is 7.83. The van der Waals surface area contributed by atoms with Gasteiger partial charge in [0.1, 0.15) is 29.5 Å². The molecule has 0 saturated carbocycles. The maximum atomic E-state index is 10.1. The minimum atomic E-state index is -1.22. The fourth-order valence-electron chi connectivity index (χ4n) is 2.39. The molecule has 0 radical (unpaired) electrons. The van der Waals surface area contributed by atoms with Gasteiger partial charge < -0.3 is 24.8 Å². The van der Waals surface area contributed by atoms with Gasteiger partial charge in [-0.3, -0.25) is 0 Å². The molecule has 0 unspecified atom stereocenters. The van der Waals surface area contributed by atoms with Gasteiger partial charge in [0, 0.05) is 0 Å². The zero-order valence-electron chi connectivity index (χ0n) is 13.0. The molecular formula is C16H24O5S. The van der Waals surface area contributed by atoms with Gasteiger partial charge in [0.15, 0.2) is 6.10 Å². The van der Waals surface area contributed by atoms with E-state index in [1.54, 1.807) is 0 Å². The summed E-state index contributed by atoms with van der Waals surface area (Å²) >= 11 is 4.24. The van der Waals surface area contributed by atoms with E-state index in [1.165, 1.54) is 5.56 Å². The van der Waals surface area contributed by atoms with E-state index >= 15 is 0 Å². The molecule has 5 nitrogen and oxygen atoms in total. The minimum Gasteiger partial charge on any atom is -0.484 e. The van der Waals surface area contributed by atoms with Crippen LogP contribution >= 0.6 is 12.6 Å². The van der Waals surface area contributed by atoms with Crippen molar-refractivity contribution >= 4 is 12.6 Å². The second-order valence-corrected chi connectivity index (χ2v) is 7.09. The van der Waals surface area contributed by atoms with Crippen molar-refractivity contribution in [1.29, 1.82) is 0 Å². The lowest BCUT2D eigenvalue weighted by Gasteiger charge is -2.40. The molecule has 0 aromatic heterocycles. The molecule has 6 heteroatoms. The fourth-order valence-corrected chi connectivity index (χ4v) is 2.78. The normalized spacial score (nSPS) is 32.8. The van der Waals surface area contributed by atoms with Crippen LogP contribution in [-0.4, -0.2) is 51.8 Å². The van der Waals surface area contributed by atoms with Crippen molar-refractivity contribution in [2.24, 2.45) is 0 Å². The third-order valence-electron chi connectivity index (χ3n) is 3.84. The number of ether oxygens (including phenoxy) is 2. The monoisotopic (exact) mass is 328 g/mol. The largest absolute Gasteiger partial charge is 0.484 e. The van der Waals surface area contributed by atoms with E-state index in [0.29, 0.717) is 5.75 Å². The molecule has 1 aromatic rings. The highest BCUT2D eigenvalue weighted by Gasteiger charge is 2.44. The van der Waals surface area contributed by atoms with E-state index in [0.717, 1.165) is 0 Å². The maximum Gasteiger partial charge on any atom is 0.162 e. The Hall–Kier alpha value is -0.790. The van der Waals surface area contributed by atoms with Crippen molar-refractivity contribution in [3.8, 4) is 5.75 Å². The van der Waals surface area contributed by atoms with Gasteiger partial charge in [-0.1, -0.05) is 32.9 Å². The van der Waals surface area contributed by atoms with Gasteiger partial charge in [0.2, 0.25) is 0 Å². The molecule has 0 spiro atoms. The number of aliphatic hydroxyl groups excluding tert-OH is 3. The zero-order valence-corrected chi connectivity index (χ0v) is 13.9. The van der Waals surface area contributed by atoms with E-state index < -0.39 is 29.9 Å². The highest BCUT2D eigenvalue weighted by atomic mass is 32.1. The number of hydrogen-bond donors (Lipinski definition) is 4. The number of thiol groups is 1. The molecule has 3 N–H and O–H groups in total. The quantitative estimate of drug-likeness (QED) is 0.625. The molecule has 1 saturated heterocycles. The second-order valence-electron chi connectivity index (χ2n) is 6.59. The van der Waals surface area contributed by atoms with Crippen LogP contribution in [0.1, 0.15) is 26.3 Å². The van der Waals surface area contributed by atoms with Crippen LogP contribution in [0.3, 0.4) is 0 Å². The summed E-state index contributed by atoms with van der Waals surface area (Å²) in [6, 6.07) is 7.56. The maximum absolute atomic E-state index is 10.1. The van der Waals surface area contributed by atoms with Crippen LogP contribution in [0.15, 0.2) is 24.3 Å². The predicted molar refractivity (Wildman–Crippen MR) is 86.3 cm³/mol. The number of aliphatic hydroxyl groups is 3. The highest BCUT2D eigenvalue weighted by Crippen LogP contribution is 2.29. The summed E-state index contributed by atoms with van der Waals surface area (Å²) in [6.45, 7) is 5.98. The number of rotatable bonds is 3. The Morgan fingerprint density at radius 1 is 1.14 bits per heavy atom. The van der Waals surface area contributed by atoms with Gasteiger partial charge in [0.25, 0.3) is 0 Å². The van der Waals surface area contributed by atoms with Crippen LogP contribution in [-0.2, 0) is 10.2 Å². The predicted octanol–water partition coefficient (Wildman–Crippen LogP) is 1.10. The van der Waals surface area contributed by atoms with Gasteiger partial charge in [-0.05, 0) is 23.1 Å². The molecule has 5 atom stereocenters. The molecule has 2 rings (SSSR count). The van der Waals surface area contributed by atoms with Crippen LogP contribution in [0.2, 0.25) is 0 Å². The molecule has 1 heterocycles. The smallest absolute Gasteiger partial charge is 0.162 e. The first kappa shape index (κ1) is 17.6. The summed E-state index contributed by atoms with van der Waals surface area (Å²) < 4.78 is 11.1. The van der Waals surface area contributed by atoms with E-state index in [1.807, 2.05) is 24.3 Å². The van der Waals surface area contributed by atoms with Gasteiger partial charge >= 0.3 is 0 Å². The van der Waals surface area contributed by atoms with E-state index in [2.05, 4.69) is 33.4 Å². The lowest BCUT2D eigenvalue weighted by atomic mass is 9.87. The Morgan fingerprint density at radius 2 is 1.73 bits per heavy atom. The highest BCUT2D eigenvalue weighted by molar-refractivity contribution is 7.80. The van der Waals surface area contributed by atoms with Gasteiger partial charge in [-0.2, -0.15) is 0 Å². The van der Waals surface area contributed by atoms with E-state index in [-0.39, 0.29) is 12.0 Å². The Labute approximate surface area is 136 Å². The average molecular weight is 328 g/mol. The first-order valence-electron chi connectivity index (χ1n) is 7.32. The van der Waals surface area contributed by atoms with Crippen LogP contribution < -0.4 is 4.74 Å². The molecule has 1 fully saturated rings. The summed E-state index contributed by atoms with van der Waals surface area (Å²) in [5.41, 5.74) is 0.476. The lowest BCUT2D eigenvalue weighted by Crippen LogP contribution is -2.58. The SMILES string of the molecule is CC(C)(C)c1ccc(O[C@@H]2[C@@H](O)[C@@H](O)[C@@H](CO)O[C@H]2S)cc1. The average Bonchev–Trinajstić information content (AvgIpc) is 2.47. The van der Waals surface area contributed by atoms with Gasteiger partial charge in [-0.15, -0.1) is 12.6 Å². The van der Waals surface area contributed by atoms with E-state index in [4.69, 9.17) is 14.6 Å². The number of hydrogen-bond acceptors (Lipinski definition) is 6. The van der Waals surface area contributed by atoms with Crippen molar-refractivity contribution in [1.82, 2.24) is 0 Å². The van der Waals surface area contributed by atoms with E-state index in [9.17, 15) is 10.2 Å². The second kappa shape index (κ2) is 6.76. The number of benzene rings is 1. The first-order chi connectivity index (χ1) is 10.2. The molecule has 1 aromatic carbocycles. The Kier molecular flexibility index (Phi) is 5.40.